The molecule has 3 aliphatic carbocycles. The molecule has 0 radical (unpaired) electrons. The summed E-state index contributed by atoms with van der Waals surface area (Å²) in [6.07, 6.45) is 7.50. The second-order valence-electron chi connectivity index (χ2n) is 16.4. The van der Waals surface area contributed by atoms with E-state index >= 15 is 0 Å². The van der Waals surface area contributed by atoms with Crippen molar-refractivity contribution >= 4 is 33.4 Å². The van der Waals surface area contributed by atoms with Crippen molar-refractivity contribution in [1.29, 1.82) is 0 Å². The van der Waals surface area contributed by atoms with Crippen LogP contribution in [0.4, 0.5) is 17.1 Å². The van der Waals surface area contributed by atoms with Crippen molar-refractivity contribution in [2.45, 2.75) is 11.3 Å². The van der Waals surface area contributed by atoms with E-state index in [0.717, 1.165) is 11.4 Å². The van der Waals surface area contributed by atoms with E-state index in [0.29, 0.717) is 0 Å². The van der Waals surface area contributed by atoms with Gasteiger partial charge in [0.2, 0.25) is 0 Å². The second-order valence-corrected chi connectivity index (χ2v) is 16.4. The van der Waals surface area contributed by atoms with Gasteiger partial charge in [0.15, 0.2) is 0 Å². The van der Waals surface area contributed by atoms with Crippen LogP contribution in [0, 0.1) is 5.92 Å². The predicted octanol–water partition coefficient (Wildman–Crippen LogP) is 15.3. The van der Waals surface area contributed by atoms with Crippen molar-refractivity contribution in [3.63, 3.8) is 0 Å². The molecule has 9 aromatic rings. The molecule has 0 N–H and O–H groups in total. The van der Waals surface area contributed by atoms with Gasteiger partial charge in [-0.25, -0.2) is 0 Å². The second kappa shape index (κ2) is 13.8. The van der Waals surface area contributed by atoms with Crippen LogP contribution in [0.15, 0.2) is 237 Å². The Hall–Kier alpha value is -7.48. The maximum Gasteiger partial charge on any atom is 0.0543 e. The first-order chi connectivity index (χ1) is 29.8. The third-order valence-corrected chi connectivity index (χ3v) is 13.4. The lowest BCUT2D eigenvalue weighted by Crippen LogP contribution is -2.33. The van der Waals surface area contributed by atoms with E-state index in [1.54, 1.807) is 0 Å². The van der Waals surface area contributed by atoms with Crippen molar-refractivity contribution in [3.8, 4) is 33.4 Å². The molecule has 0 aliphatic heterocycles. The first-order valence-electron chi connectivity index (χ1n) is 21.1. The van der Waals surface area contributed by atoms with E-state index in [9.17, 15) is 0 Å². The van der Waals surface area contributed by atoms with Crippen LogP contribution in [0.3, 0.4) is 0 Å². The minimum atomic E-state index is -0.385. The highest BCUT2D eigenvalue weighted by molar-refractivity contribution is 5.99. The Kier molecular flexibility index (Phi) is 7.96. The number of allylic oxidation sites excluding steroid dienone is 4. The fraction of sp³-hybridized carbons (Fsp3) is 0.0508. The quantitative estimate of drug-likeness (QED) is 0.163. The van der Waals surface area contributed by atoms with E-state index in [1.807, 2.05) is 0 Å². The van der Waals surface area contributed by atoms with E-state index in [-0.39, 0.29) is 17.3 Å². The van der Waals surface area contributed by atoms with Crippen LogP contribution < -0.4 is 4.90 Å². The molecule has 1 heteroatoms. The molecule has 0 amide bonds. The van der Waals surface area contributed by atoms with Crippen molar-refractivity contribution in [2.24, 2.45) is 5.92 Å². The van der Waals surface area contributed by atoms with Gasteiger partial charge in [0.05, 0.1) is 11.1 Å². The molecule has 1 nitrogen and oxygen atoms in total. The molecule has 0 fully saturated rings. The van der Waals surface area contributed by atoms with Gasteiger partial charge in [-0.3, -0.25) is 0 Å². The first-order valence-corrected chi connectivity index (χ1v) is 21.1. The number of anilines is 3. The first kappa shape index (κ1) is 34.6. The third-order valence-electron chi connectivity index (χ3n) is 13.4. The summed E-state index contributed by atoms with van der Waals surface area (Å²) in [5.74, 6) is 0.421. The highest BCUT2D eigenvalue weighted by atomic mass is 15.1. The molecule has 3 aliphatic rings. The molecule has 3 unspecified atom stereocenters. The largest absolute Gasteiger partial charge is 0.310 e. The zero-order chi connectivity index (χ0) is 39.6. The lowest BCUT2D eigenvalue weighted by Gasteiger charge is -2.37. The Labute approximate surface area is 351 Å². The maximum absolute atomic E-state index is 2.62. The Bertz CT molecular complexity index is 3050. The molecular weight excluding hydrogens is 723 g/mol. The monoisotopic (exact) mass is 763 g/mol. The Morgan fingerprint density at radius 1 is 0.400 bits per heavy atom. The zero-order valence-corrected chi connectivity index (χ0v) is 33.1. The molecule has 0 heterocycles. The van der Waals surface area contributed by atoms with E-state index < -0.39 is 0 Å². The summed E-state index contributed by atoms with van der Waals surface area (Å²) in [7, 11) is 0. The smallest absolute Gasteiger partial charge is 0.0543 e. The van der Waals surface area contributed by atoms with Gasteiger partial charge in [-0.05, 0) is 102 Å². The number of hydrogen-bond acceptors (Lipinski definition) is 1. The lowest BCUT2D eigenvalue weighted by atomic mass is 9.64. The zero-order valence-electron chi connectivity index (χ0n) is 33.1. The van der Waals surface area contributed by atoms with Gasteiger partial charge in [-0.1, -0.05) is 206 Å². The van der Waals surface area contributed by atoms with Crippen LogP contribution in [0.25, 0.3) is 49.7 Å². The average molecular weight is 764 g/mol. The summed E-state index contributed by atoms with van der Waals surface area (Å²) in [5, 5.41) is 2.56. The van der Waals surface area contributed by atoms with Crippen molar-refractivity contribution in [1.82, 2.24) is 0 Å². The number of benzene rings is 9. The summed E-state index contributed by atoms with van der Waals surface area (Å²) in [6.45, 7) is 0. The maximum atomic E-state index is 2.62. The topological polar surface area (TPSA) is 3.24 Å². The van der Waals surface area contributed by atoms with Crippen LogP contribution >= 0.6 is 0 Å². The predicted molar refractivity (Wildman–Crippen MR) is 251 cm³/mol. The fourth-order valence-electron chi connectivity index (χ4n) is 10.8. The van der Waals surface area contributed by atoms with E-state index in [1.165, 1.54) is 83.2 Å². The molecular formula is C59H41N. The highest BCUT2D eigenvalue weighted by Gasteiger charge is 2.57. The van der Waals surface area contributed by atoms with Gasteiger partial charge in [0.1, 0.15) is 0 Å². The van der Waals surface area contributed by atoms with Crippen LogP contribution in [0.5, 0.6) is 0 Å². The third kappa shape index (κ3) is 5.19. The lowest BCUT2D eigenvalue weighted by molar-refractivity contribution is 0.467. The Balaban J connectivity index is 1.08. The van der Waals surface area contributed by atoms with Gasteiger partial charge in [0, 0.05) is 28.8 Å². The Morgan fingerprint density at radius 2 is 0.933 bits per heavy atom. The summed E-state index contributed by atoms with van der Waals surface area (Å²) in [6, 6.07) is 80.6. The minimum Gasteiger partial charge on any atom is -0.310 e. The van der Waals surface area contributed by atoms with Gasteiger partial charge < -0.3 is 4.90 Å². The average Bonchev–Trinajstić information content (AvgIpc) is 3.80. The van der Waals surface area contributed by atoms with E-state index in [2.05, 4.69) is 242 Å². The molecule has 3 atom stereocenters. The van der Waals surface area contributed by atoms with Crippen LogP contribution in [-0.2, 0) is 5.41 Å². The summed E-state index contributed by atoms with van der Waals surface area (Å²) >= 11 is 0. The molecule has 282 valence electrons. The van der Waals surface area contributed by atoms with Crippen LogP contribution in [0.1, 0.15) is 33.7 Å². The van der Waals surface area contributed by atoms with Crippen molar-refractivity contribution in [3.05, 3.63) is 264 Å². The van der Waals surface area contributed by atoms with Crippen LogP contribution in [0.2, 0.25) is 0 Å². The van der Waals surface area contributed by atoms with Gasteiger partial charge in [-0.15, -0.1) is 0 Å². The molecule has 0 saturated carbocycles. The van der Waals surface area contributed by atoms with Gasteiger partial charge in [-0.2, -0.15) is 0 Å². The molecule has 0 aromatic heterocycles. The summed E-state index contributed by atoms with van der Waals surface area (Å²) < 4.78 is 0. The number of rotatable bonds is 6. The number of hydrogen-bond donors (Lipinski definition) is 0. The minimum absolute atomic E-state index is 0.176. The normalized spacial score (nSPS) is 18.1. The molecule has 60 heavy (non-hydrogen) atoms. The van der Waals surface area contributed by atoms with Crippen molar-refractivity contribution in [2.75, 3.05) is 4.90 Å². The molecule has 9 aromatic carbocycles. The number of nitrogens with zero attached hydrogens (tertiary/aromatic N) is 1. The Morgan fingerprint density at radius 3 is 1.65 bits per heavy atom. The molecule has 0 saturated heterocycles. The standard InChI is InChI=1S/C59H41N/c1-3-15-40(16-4-1)42-29-34-46(35-30-42)60(47-36-31-43(32-37-47)41-17-5-2-6-18-41)57-28-14-27-55-58(57)52-23-10-12-26-54(52)59(55)53-25-11-9-22-50(53)51-38-33-45(39-56(51)59)49-24-13-20-44-19-7-8-21-48(44)49/h1-39,51,56H. The van der Waals surface area contributed by atoms with Gasteiger partial charge in [0.25, 0.3) is 0 Å². The van der Waals surface area contributed by atoms with Gasteiger partial charge >= 0.3 is 0 Å². The molecule has 0 bridgehead atoms. The van der Waals surface area contributed by atoms with Crippen LogP contribution in [-0.4, -0.2) is 0 Å². The summed E-state index contributed by atoms with van der Waals surface area (Å²) in [4.78, 5) is 2.48. The highest BCUT2D eigenvalue weighted by Crippen LogP contribution is 2.67. The van der Waals surface area contributed by atoms with Crippen molar-refractivity contribution < 1.29 is 0 Å². The number of fused-ring (bicyclic) bond motifs is 11. The van der Waals surface area contributed by atoms with E-state index in [4.69, 9.17) is 0 Å². The SMILES string of the molecule is C1=CC2c3ccccc3C3(c4ccccc4-c4c(N(c5ccc(-c6ccccc6)cc5)c5ccc(-c6ccccc6)cc5)cccc43)C2C=C1c1cccc2ccccc12. The summed E-state index contributed by atoms with van der Waals surface area (Å²) in [5.41, 5.74) is 18.7. The fourth-order valence-corrected chi connectivity index (χ4v) is 10.8. The molecule has 12 rings (SSSR count). The molecule has 1 spiro atoms.